The molecule has 0 aliphatic heterocycles. The minimum Gasteiger partial charge on any atom is -0.299 e. The number of nitrogens with zero attached hydrogens (tertiary/aromatic N) is 3. The molecule has 0 spiro atoms. The molecule has 3 aromatic heterocycles. The van der Waals surface area contributed by atoms with Gasteiger partial charge in [0.1, 0.15) is 11.3 Å². The summed E-state index contributed by atoms with van der Waals surface area (Å²) >= 11 is 0. The smallest absolute Gasteiger partial charge is 0.138 e. The van der Waals surface area contributed by atoms with Gasteiger partial charge < -0.3 is 0 Å². The van der Waals surface area contributed by atoms with Crippen molar-refractivity contribution in [3.63, 3.8) is 0 Å². The molecule has 0 radical (unpaired) electrons. The number of pyridine rings is 2. The summed E-state index contributed by atoms with van der Waals surface area (Å²) in [7, 11) is 0. The molecule has 0 fully saturated rings. The van der Waals surface area contributed by atoms with Crippen LogP contribution in [0.3, 0.4) is 0 Å². The van der Waals surface area contributed by atoms with Crippen LogP contribution >= 0.6 is 0 Å². The maximum atomic E-state index is 5.02. The van der Waals surface area contributed by atoms with E-state index in [1.165, 1.54) is 49.4 Å². The van der Waals surface area contributed by atoms with Crippen molar-refractivity contribution in [2.75, 3.05) is 0 Å². The highest BCUT2D eigenvalue weighted by Gasteiger charge is 2.19. The zero-order chi connectivity index (χ0) is 31.2. The first-order chi connectivity index (χ1) is 23.3. The second kappa shape index (κ2) is 11.2. The molecule has 220 valence electrons. The van der Waals surface area contributed by atoms with Gasteiger partial charge in [0.05, 0.1) is 11.4 Å². The van der Waals surface area contributed by atoms with Gasteiger partial charge in [-0.05, 0) is 91.3 Å². The van der Waals surface area contributed by atoms with Gasteiger partial charge in [-0.15, -0.1) is 0 Å². The van der Waals surface area contributed by atoms with Crippen LogP contribution in [-0.4, -0.2) is 14.4 Å². The van der Waals surface area contributed by atoms with Gasteiger partial charge in [-0.3, -0.25) is 9.38 Å². The average molecular weight is 600 g/mol. The quantitative estimate of drug-likeness (QED) is 0.184. The van der Waals surface area contributed by atoms with E-state index in [4.69, 9.17) is 4.98 Å². The summed E-state index contributed by atoms with van der Waals surface area (Å²) in [5.41, 5.74) is 12.0. The number of fused-ring (bicyclic) bond motifs is 3. The van der Waals surface area contributed by atoms with Crippen LogP contribution in [0.25, 0.3) is 83.2 Å². The summed E-state index contributed by atoms with van der Waals surface area (Å²) in [6.45, 7) is 0. The topological polar surface area (TPSA) is 30.2 Å². The van der Waals surface area contributed by atoms with Crippen molar-refractivity contribution in [1.29, 1.82) is 0 Å². The lowest BCUT2D eigenvalue weighted by Gasteiger charge is -2.19. The number of benzene rings is 6. The fourth-order valence-electron chi connectivity index (χ4n) is 6.99. The van der Waals surface area contributed by atoms with E-state index in [0.29, 0.717) is 0 Å². The average Bonchev–Trinajstić information content (AvgIpc) is 3.54. The lowest BCUT2D eigenvalue weighted by molar-refractivity contribution is 1.19. The Morgan fingerprint density at radius 3 is 1.72 bits per heavy atom. The molecule has 0 bridgehead atoms. The molecule has 3 heteroatoms. The number of hydrogen-bond donors (Lipinski definition) is 0. The fourth-order valence-corrected chi connectivity index (χ4v) is 6.99. The molecule has 9 rings (SSSR count). The van der Waals surface area contributed by atoms with E-state index in [2.05, 4.69) is 143 Å². The number of imidazole rings is 1. The third-order valence-corrected chi connectivity index (χ3v) is 9.06. The first-order valence-corrected chi connectivity index (χ1v) is 15.9. The Morgan fingerprint density at radius 1 is 0.404 bits per heavy atom. The molecule has 0 unspecified atom stereocenters. The van der Waals surface area contributed by atoms with Gasteiger partial charge in [0, 0.05) is 18.0 Å². The van der Waals surface area contributed by atoms with Crippen LogP contribution in [0.2, 0.25) is 0 Å². The molecule has 0 amide bonds. The maximum absolute atomic E-state index is 5.02. The zero-order valence-electron chi connectivity index (χ0n) is 25.6. The van der Waals surface area contributed by atoms with Gasteiger partial charge >= 0.3 is 0 Å². The molecule has 0 aliphatic rings. The Labute approximate surface area is 273 Å². The first kappa shape index (κ1) is 27.0. The number of aromatic nitrogens is 3. The first-order valence-electron chi connectivity index (χ1n) is 15.9. The van der Waals surface area contributed by atoms with Gasteiger partial charge in [-0.2, -0.15) is 0 Å². The van der Waals surface area contributed by atoms with Gasteiger partial charge in [-0.25, -0.2) is 4.98 Å². The minimum absolute atomic E-state index is 0.857. The summed E-state index contributed by atoms with van der Waals surface area (Å²) in [5.74, 6) is 0. The summed E-state index contributed by atoms with van der Waals surface area (Å²) < 4.78 is 2.16. The minimum atomic E-state index is 0.857. The van der Waals surface area contributed by atoms with Crippen molar-refractivity contribution >= 4 is 27.2 Å². The molecule has 47 heavy (non-hydrogen) atoms. The third kappa shape index (κ3) is 4.60. The normalized spacial score (nSPS) is 11.4. The van der Waals surface area contributed by atoms with Crippen LogP contribution in [0.5, 0.6) is 0 Å². The maximum Gasteiger partial charge on any atom is 0.138 e. The van der Waals surface area contributed by atoms with E-state index in [1.807, 2.05) is 42.6 Å². The Bertz CT molecular complexity index is 2550. The van der Waals surface area contributed by atoms with Crippen LogP contribution in [0, 0.1) is 0 Å². The second-order valence-electron chi connectivity index (χ2n) is 11.8. The Kier molecular flexibility index (Phi) is 6.46. The molecule has 9 aromatic rings. The SMILES string of the molecule is c1ccc(-c2c3ccccc3c(-c3ccccc3)c3cc(-c4cccc(-c5c(-c6ccccn6)nc6ccccn56)c4)ccc23)cc1. The van der Waals surface area contributed by atoms with Crippen molar-refractivity contribution < 1.29 is 0 Å². The molecule has 0 saturated carbocycles. The van der Waals surface area contributed by atoms with E-state index >= 15 is 0 Å². The Morgan fingerprint density at radius 2 is 1.00 bits per heavy atom. The monoisotopic (exact) mass is 599 g/mol. The van der Waals surface area contributed by atoms with Crippen molar-refractivity contribution in [2.24, 2.45) is 0 Å². The van der Waals surface area contributed by atoms with E-state index in [9.17, 15) is 0 Å². The van der Waals surface area contributed by atoms with Crippen molar-refractivity contribution in [1.82, 2.24) is 14.4 Å². The van der Waals surface area contributed by atoms with Crippen molar-refractivity contribution in [3.8, 4) is 56.0 Å². The summed E-state index contributed by atoms with van der Waals surface area (Å²) in [6.07, 6.45) is 3.90. The summed E-state index contributed by atoms with van der Waals surface area (Å²) in [6, 6.07) is 58.2. The molecule has 0 atom stereocenters. The van der Waals surface area contributed by atoms with Gasteiger partial charge in [0.25, 0.3) is 0 Å². The van der Waals surface area contributed by atoms with Crippen LogP contribution in [0.1, 0.15) is 0 Å². The summed E-state index contributed by atoms with van der Waals surface area (Å²) in [5, 5.41) is 4.99. The number of hydrogen-bond acceptors (Lipinski definition) is 2. The second-order valence-corrected chi connectivity index (χ2v) is 11.8. The van der Waals surface area contributed by atoms with Gasteiger partial charge in [-0.1, -0.05) is 127 Å². The van der Waals surface area contributed by atoms with Crippen molar-refractivity contribution in [3.05, 3.63) is 176 Å². The highest BCUT2D eigenvalue weighted by Crippen LogP contribution is 2.45. The molecule has 6 aromatic carbocycles. The molecule has 0 aliphatic carbocycles. The molecular weight excluding hydrogens is 571 g/mol. The fraction of sp³-hybridized carbons (Fsp3) is 0. The van der Waals surface area contributed by atoms with E-state index < -0.39 is 0 Å². The molecular formula is C44H29N3. The van der Waals surface area contributed by atoms with Crippen LogP contribution in [0.15, 0.2) is 176 Å². The predicted octanol–water partition coefficient (Wildman–Crippen LogP) is 11.4. The van der Waals surface area contributed by atoms with Crippen LogP contribution in [0.4, 0.5) is 0 Å². The highest BCUT2D eigenvalue weighted by molar-refractivity contribution is 6.22. The largest absolute Gasteiger partial charge is 0.299 e. The lowest BCUT2D eigenvalue weighted by Crippen LogP contribution is -1.92. The molecule has 0 N–H and O–H groups in total. The summed E-state index contributed by atoms with van der Waals surface area (Å²) in [4.78, 5) is 9.68. The van der Waals surface area contributed by atoms with Crippen molar-refractivity contribution in [2.45, 2.75) is 0 Å². The molecule has 0 saturated heterocycles. The van der Waals surface area contributed by atoms with Gasteiger partial charge in [0.15, 0.2) is 0 Å². The predicted molar refractivity (Wildman–Crippen MR) is 195 cm³/mol. The lowest BCUT2D eigenvalue weighted by atomic mass is 9.85. The number of rotatable bonds is 5. The van der Waals surface area contributed by atoms with E-state index in [-0.39, 0.29) is 0 Å². The Balaban J connectivity index is 1.30. The van der Waals surface area contributed by atoms with E-state index in [0.717, 1.165) is 33.9 Å². The standard InChI is InChI=1S/C44H29N3/c1-3-14-30(15-4-1)41-35-20-7-8-21-36(35)42(31-16-5-2-6-17-31)38-29-33(24-25-37(38)41)32-18-13-19-34(28-32)44-43(39-22-9-11-26-45-39)46-40-23-10-12-27-47(40)44/h1-29H. The molecule has 3 heterocycles. The Hall–Kier alpha value is -6.32. The third-order valence-electron chi connectivity index (χ3n) is 9.06. The van der Waals surface area contributed by atoms with E-state index in [1.54, 1.807) is 0 Å². The zero-order valence-corrected chi connectivity index (χ0v) is 25.6. The molecule has 3 nitrogen and oxygen atoms in total. The van der Waals surface area contributed by atoms with Crippen LogP contribution < -0.4 is 0 Å². The van der Waals surface area contributed by atoms with Gasteiger partial charge in [0.2, 0.25) is 0 Å². The highest BCUT2D eigenvalue weighted by atomic mass is 15.0. The van der Waals surface area contributed by atoms with Crippen LogP contribution in [-0.2, 0) is 0 Å².